The van der Waals surface area contributed by atoms with Crippen LogP contribution in [0.15, 0.2) is 0 Å². The maximum atomic E-state index is 11.0. The van der Waals surface area contributed by atoms with Gasteiger partial charge in [-0.15, -0.1) is 0 Å². The Balaban J connectivity index is 3.75. The van der Waals surface area contributed by atoms with Gasteiger partial charge in [0, 0.05) is 13.0 Å². The topological polar surface area (TPSA) is 115 Å². The van der Waals surface area contributed by atoms with Gasteiger partial charge in [-0.05, 0) is 6.92 Å². The highest BCUT2D eigenvalue weighted by atomic mass is 16.2. The van der Waals surface area contributed by atoms with Crippen molar-refractivity contribution in [2.24, 2.45) is 17.4 Å². The number of carbonyl (C=O) groups excluding carboxylic acids is 3. The van der Waals surface area contributed by atoms with Crippen LogP contribution in [0.25, 0.3) is 0 Å². The number of carbonyl (C=O) groups is 3. The molecule has 6 nitrogen and oxygen atoms in total. The van der Waals surface area contributed by atoms with Crippen molar-refractivity contribution in [2.45, 2.75) is 13.3 Å². The first-order valence-corrected chi connectivity index (χ1v) is 3.80. The molecule has 0 radical (unpaired) electrons. The molecule has 6 heteroatoms. The summed E-state index contributed by atoms with van der Waals surface area (Å²) in [7, 11) is 0. The Kier molecular flexibility index (Phi) is 4.50. The maximum absolute atomic E-state index is 11.0. The smallest absolute Gasteiger partial charge is 0.232 e. The van der Waals surface area contributed by atoms with Crippen LogP contribution in [0.5, 0.6) is 0 Å². The molecule has 0 spiro atoms. The van der Waals surface area contributed by atoms with Crippen molar-refractivity contribution in [3.05, 3.63) is 0 Å². The van der Waals surface area contributed by atoms with Gasteiger partial charge in [-0.1, -0.05) is 0 Å². The minimum Gasteiger partial charge on any atom is -0.370 e. The molecule has 1 atom stereocenters. The number of amides is 3. The van der Waals surface area contributed by atoms with E-state index in [9.17, 15) is 14.4 Å². The van der Waals surface area contributed by atoms with Gasteiger partial charge in [-0.25, -0.2) is 0 Å². The minimum atomic E-state index is -0.882. The van der Waals surface area contributed by atoms with Crippen LogP contribution in [0, 0.1) is 5.92 Å². The van der Waals surface area contributed by atoms with Gasteiger partial charge in [0.05, 0.1) is 0 Å². The summed E-state index contributed by atoms with van der Waals surface area (Å²) in [4.78, 5) is 31.8. The molecule has 0 aromatic rings. The first kappa shape index (κ1) is 11.4. The first-order chi connectivity index (χ1) is 5.95. The van der Waals surface area contributed by atoms with Crippen molar-refractivity contribution in [3.8, 4) is 0 Å². The molecule has 0 aromatic heterocycles. The summed E-state index contributed by atoms with van der Waals surface area (Å²) in [5, 5.41) is 2.35. The van der Waals surface area contributed by atoms with Gasteiger partial charge >= 0.3 is 0 Å². The quantitative estimate of drug-likeness (QED) is 0.436. The van der Waals surface area contributed by atoms with Crippen molar-refractivity contribution in [3.63, 3.8) is 0 Å². The fourth-order valence-corrected chi connectivity index (χ4v) is 0.591. The molecular weight excluding hydrogens is 174 g/mol. The SMILES string of the molecule is CC(C(N)=O)C(=O)NCCC(N)=O. The van der Waals surface area contributed by atoms with E-state index in [4.69, 9.17) is 11.5 Å². The standard InChI is InChI=1S/C7H13N3O3/c1-4(6(9)12)7(13)10-3-2-5(8)11/h4H,2-3H2,1H3,(H2,8,11)(H2,9,12)(H,10,13). The normalized spacial score (nSPS) is 11.8. The van der Waals surface area contributed by atoms with Crippen LogP contribution < -0.4 is 16.8 Å². The molecule has 0 bridgehead atoms. The Bertz CT molecular complexity index is 227. The molecule has 13 heavy (non-hydrogen) atoms. The molecule has 0 heterocycles. The van der Waals surface area contributed by atoms with E-state index in [-0.39, 0.29) is 13.0 Å². The Hall–Kier alpha value is -1.59. The van der Waals surface area contributed by atoms with E-state index in [1.54, 1.807) is 0 Å². The van der Waals surface area contributed by atoms with Gasteiger partial charge in [0.2, 0.25) is 17.7 Å². The number of hydrogen-bond acceptors (Lipinski definition) is 3. The van der Waals surface area contributed by atoms with Crippen molar-refractivity contribution >= 4 is 17.7 Å². The monoisotopic (exact) mass is 187 g/mol. The second-order valence-electron chi connectivity index (χ2n) is 2.63. The third-order valence-electron chi connectivity index (χ3n) is 1.49. The Labute approximate surface area is 75.6 Å². The van der Waals surface area contributed by atoms with Crippen molar-refractivity contribution in [1.29, 1.82) is 0 Å². The molecule has 74 valence electrons. The van der Waals surface area contributed by atoms with Gasteiger partial charge < -0.3 is 16.8 Å². The zero-order chi connectivity index (χ0) is 10.4. The summed E-state index contributed by atoms with van der Waals surface area (Å²) in [5.74, 6) is -2.58. The van der Waals surface area contributed by atoms with Crippen LogP contribution in [0.4, 0.5) is 0 Å². The number of primary amides is 2. The number of hydrogen-bond donors (Lipinski definition) is 3. The molecule has 0 saturated heterocycles. The maximum Gasteiger partial charge on any atom is 0.232 e. The fourth-order valence-electron chi connectivity index (χ4n) is 0.591. The third kappa shape index (κ3) is 4.78. The molecular formula is C7H13N3O3. The molecule has 0 saturated carbocycles. The predicted molar refractivity (Wildman–Crippen MR) is 45.2 cm³/mol. The Morgan fingerprint density at radius 1 is 1.31 bits per heavy atom. The van der Waals surface area contributed by atoms with Crippen LogP contribution in [0.2, 0.25) is 0 Å². The van der Waals surface area contributed by atoms with Crippen molar-refractivity contribution in [1.82, 2.24) is 5.32 Å². The van der Waals surface area contributed by atoms with E-state index in [1.807, 2.05) is 0 Å². The molecule has 0 aliphatic carbocycles. The molecule has 0 aliphatic rings. The lowest BCUT2D eigenvalue weighted by Crippen LogP contribution is -2.38. The lowest BCUT2D eigenvalue weighted by atomic mass is 10.1. The zero-order valence-electron chi connectivity index (χ0n) is 7.37. The lowest BCUT2D eigenvalue weighted by Gasteiger charge is -2.07. The second-order valence-corrected chi connectivity index (χ2v) is 2.63. The van der Waals surface area contributed by atoms with E-state index >= 15 is 0 Å². The fraction of sp³-hybridized carbons (Fsp3) is 0.571. The second kappa shape index (κ2) is 5.13. The lowest BCUT2D eigenvalue weighted by molar-refractivity contribution is -0.132. The average Bonchev–Trinajstić information content (AvgIpc) is 2.02. The minimum absolute atomic E-state index is 0.0528. The van der Waals surface area contributed by atoms with Gasteiger partial charge in [-0.3, -0.25) is 14.4 Å². The van der Waals surface area contributed by atoms with E-state index in [0.717, 1.165) is 0 Å². The van der Waals surface area contributed by atoms with Gasteiger partial charge in [-0.2, -0.15) is 0 Å². The summed E-state index contributed by atoms with van der Waals surface area (Å²) < 4.78 is 0. The van der Waals surface area contributed by atoms with Gasteiger partial charge in [0.25, 0.3) is 0 Å². The van der Waals surface area contributed by atoms with E-state index in [0.29, 0.717) is 0 Å². The molecule has 3 amide bonds. The van der Waals surface area contributed by atoms with Crippen LogP contribution in [-0.2, 0) is 14.4 Å². The zero-order valence-corrected chi connectivity index (χ0v) is 7.37. The average molecular weight is 187 g/mol. The summed E-state index contributed by atoms with van der Waals surface area (Å²) in [6.45, 7) is 1.52. The summed E-state index contributed by atoms with van der Waals surface area (Å²) in [6, 6.07) is 0. The summed E-state index contributed by atoms with van der Waals surface area (Å²) in [5.41, 5.74) is 9.71. The highest BCUT2D eigenvalue weighted by Gasteiger charge is 2.17. The van der Waals surface area contributed by atoms with Crippen LogP contribution in [-0.4, -0.2) is 24.3 Å². The number of rotatable bonds is 5. The predicted octanol–water partition coefficient (Wildman–Crippen LogP) is -1.90. The molecule has 0 aromatic carbocycles. The van der Waals surface area contributed by atoms with Crippen molar-refractivity contribution < 1.29 is 14.4 Å². The van der Waals surface area contributed by atoms with E-state index in [2.05, 4.69) is 5.32 Å². The summed E-state index contributed by atoms with van der Waals surface area (Å²) >= 11 is 0. The Morgan fingerprint density at radius 2 is 1.85 bits per heavy atom. The van der Waals surface area contributed by atoms with Crippen LogP contribution >= 0.6 is 0 Å². The molecule has 0 aliphatic heterocycles. The molecule has 0 rings (SSSR count). The van der Waals surface area contributed by atoms with Crippen molar-refractivity contribution in [2.75, 3.05) is 6.54 Å². The molecule has 1 unspecified atom stereocenters. The number of nitrogens with one attached hydrogen (secondary N) is 1. The van der Waals surface area contributed by atoms with Gasteiger partial charge in [0.1, 0.15) is 5.92 Å². The number of nitrogens with two attached hydrogens (primary N) is 2. The van der Waals surface area contributed by atoms with Crippen LogP contribution in [0.3, 0.4) is 0 Å². The van der Waals surface area contributed by atoms with E-state index in [1.165, 1.54) is 6.92 Å². The molecule has 0 fully saturated rings. The Morgan fingerprint density at radius 3 is 2.23 bits per heavy atom. The van der Waals surface area contributed by atoms with E-state index < -0.39 is 23.6 Å². The van der Waals surface area contributed by atoms with Gasteiger partial charge in [0.15, 0.2) is 0 Å². The highest BCUT2D eigenvalue weighted by molar-refractivity contribution is 5.99. The largest absolute Gasteiger partial charge is 0.370 e. The summed E-state index contributed by atoms with van der Waals surface area (Å²) in [6.07, 6.45) is 0.0528. The first-order valence-electron chi connectivity index (χ1n) is 3.80. The van der Waals surface area contributed by atoms with Crippen LogP contribution in [0.1, 0.15) is 13.3 Å². The third-order valence-corrected chi connectivity index (χ3v) is 1.49. The molecule has 5 N–H and O–H groups in total. The highest BCUT2D eigenvalue weighted by Crippen LogP contribution is 1.91.